The summed E-state index contributed by atoms with van der Waals surface area (Å²) in [6, 6.07) is 3.94. The third-order valence-corrected chi connectivity index (χ3v) is 3.69. The fourth-order valence-electron chi connectivity index (χ4n) is 1.98. The van der Waals surface area contributed by atoms with Crippen LogP contribution in [0, 0.1) is 5.92 Å². The lowest BCUT2D eigenvalue weighted by Gasteiger charge is -2.19. The van der Waals surface area contributed by atoms with E-state index in [2.05, 4.69) is 10.5 Å². The molecule has 1 heterocycles. The summed E-state index contributed by atoms with van der Waals surface area (Å²) < 4.78 is 0. The van der Waals surface area contributed by atoms with Gasteiger partial charge in [0.2, 0.25) is 5.91 Å². The minimum absolute atomic E-state index is 0.0764. The zero-order valence-electron chi connectivity index (χ0n) is 9.19. The molecule has 0 aliphatic heterocycles. The van der Waals surface area contributed by atoms with Gasteiger partial charge in [-0.3, -0.25) is 4.79 Å². The molecule has 1 aromatic rings. The predicted molar refractivity (Wildman–Crippen MR) is 66.6 cm³/mol. The normalized spacial score (nSPS) is 17.8. The fourth-order valence-corrected chi connectivity index (χ4v) is 2.57. The first-order chi connectivity index (χ1) is 7.86. The highest BCUT2D eigenvalue weighted by Crippen LogP contribution is 2.23. The van der Waals surface area contributed by atoms with Crippen molar-refractivity contribution >= 4 is 23.5 Å². The van der Waals surface area contributed by atoms with E-state index in [1.54, 1.807) is 17.6 Å². The van der Waals surface area contributed by atoms with E-state index < -0.39 is 0 Å². The Kier molecular flexibility index (Phi) is 4.10. The van der Waals surface area contributed by atoms with Crippen LogP contribution in [0.2, 0.25) is 0 Å². The third kappa shape index (κ3) is 3.17. The number of carbonyl (C=O) groups is 1. The zero-order chi connectivity index (χ0) is 11.2. The van der Waals surface area contributed by atoms with Crippen LogP contribution < -0.4 is 5.43 Å². The number of hydrogen-bond acceptors (Lipinski definition) is 3. The van der Waals surface area contributed by atoms with Crippen LogP contribution in [-0.2, 0) is 4.79 Å². The van der Waals surface area contributed by atoms with E-state index in [4.69, 9.17) is 0 Å². The number of carbonyl (C=O) groups excluding carboxylic acids is 1. The van der Waals surface area contributed by atoms with Crippen LogP contribution in [0.5, 0.6) is 0 Å². The van der Waals surface area contributed by atoms with Gasteiger partial charge in [0.25, 0.3) is 0 Å². The van der Waals surface area contributed by atoms with Crippen LogP contribution >= 0.6 is 11.3 Å². The number of nitrogens with zero attached hydrogens (tertiary/aromatic N) is 1. The van der Waals surface area contributed by atoms with Gasteiger partial charge in [0.1, 0.15) is 0 Å². The van der Waals surface area contributed by atoms with Crippen LogP contribution in [0.1, 0.15) is 37.0 Å². The first-order valence-corrected chi connectivity index (χ1v) is 6.60. The van der Waals surface area contributed by atoms with Gasteiger partial charge in [-0.15, -0.1) is 11.3 Å². The second kappa shape index (κ2) is 5.80. The molecule has 0 spiro atoms. The molecule has 0 radical (unpaired) electrons. The third-order valence-electron chi connectivity index (χ3n) is 2.89. The summed E-state index contributed by atoms with van der Waals surface area (Å²) in [6.45, 7) is 0. The van der Waals surface area contributed by atoms with Gasteiger partial charge in [-0.05, 0) is 24.3 Å². The van der Waals surface area contributed by atoms with E-state index in [9.17, 15) is 4.79 Å². The average molecular weight is 236 g/mol. The van der Waals surface area contributed by atoms with Gasteiger partial charge in [-0.25, -0.2) is 5.43 Å². The van der Waals surface area contributed by atoms with Gasteiger partial charge in [0.05, 0.1) is 6.21 Å². The van der Waals surface area contributed by atoms with Gasteiger partial charge in [0.15, 0.2) is 0 Å². The topological polar surface area (TPSA) is 41.5 Å². The van der Waals surface area contributed by atoms with E-state index in [1.165, 1.54) is 19.3 Å². The van der Waals surface area contributed by atoms with Crippen molar-refractivity contribution in [1.82, 2.24) is 5.43 Å². The zero-order valence-corrected chi connectivity index (χ0v) is 10.0. The molecule has 2 rings (SSSR count). The number of rotatable bonds is 3. The average Bonchev–Trinajstić information content (AvgIpc) is 2.83. The molecule has 0 bridgehead atoms. The summed E-state index contributed by atoms with van der Waals surface area (Å²) in [5.41, 5.74) is 2.63. The molecular formula is C12H16N2OS. The lowest BCUT2D eigenvalue weighted by Crippen LogP contribution is -2.28. The molecule has 1 aliphatic carbocycles. The molecule has 0 unspecified atom stereocenters. The number of hydrazone groups is 1. The second-order valence-corrected chi connectivity index (χ2v) is 5.06. The SMILES string of the molecule is O=C(NN=Cc1cccs1)C1CCCCC1. The molecular weight excluding hydrogens is 220 g/mol. The quantitative estimate of drug-likeness (QED) is 0.636. The van der Waals surface area contributed by atoms with Gasteiger partial charge < -0.3 is 0 Å². The minimum Gasteiger partial charge on any atom is -0.273 e. The Labute approximate surface area is 99.6 Å². The summed E-state index contributed by atoms with van der Waals surface area (Å²) in [6.07, 6.45) is 7.34. The maximum absolute atomic E-state index is 11.7. The summed E-state index contributed by atoms with van der Waals surface area (Å²) in [5.74, 6) is 0.252. The molecule has 1 saturated carbocycles. The molecule has 1 N–H and O–H groups in total. The van der Waals surface area contributed by atoms with Crippen molar-refractivity contribution in [3.63, 3.8) is 0 Å². The van der Waals surface area contributed by atoms with Crippen LogP contribution in [0.25, 0.3) is 0 Å². The summed E-state index contributed by atoms with van der Waals surface area (Å²) in [4.78, 5) is 12.8. The molecule has 16 heavy (non-hydrogen) atoms. The van der Waals surface area contributed by atoms with Gasteiger partial charge >= 0.3 is 0 Å². The second-order valence-electron chi connectivity index (χ2n) is 4.08. The Morgan fingerprint density at radius 2 is 2.25 bits per heavy atom. The molecule has 0 aromatic carbocycles. The lowest BCUT2D eigenvalue weighted by atomic mass is 9.89. The maximum atomic E-state index is 11.7. The smallest absolute Gasteiger partial charge is 0.243 e. The van der Waals surface area contributed by atoms with Gasteiger partial charge in [-0.2, -0.15) is 5.10 Å². The lowest BCUT2D eigenvalue weighted by molar-refractivity contribution is -0.125. The largest absolute Gasteiger partial charge is 0.273 e. The van der Waals surface area contributed by atoms with Crippen molar-refractivity contribution in [3.8, 4) is 0 Å². The molecule has 4 heteroatoms. The van der Waals surface area contributed by atoms with E-state index >= 15 is 0 Å². The number of hydrogen-bond donors (Lipinski definition) is 1. The Balaban J connectivity index is 1.78. The van der Waals surface area contributed by atoms with Crippen LogP contribution in [0.3, 0.4) is 0 Å². The van der Waals surface area contributed by atoms with Crippen LogP contribution in [-0.4, -0.2) is 12.1 Å². The summed E-state index contributed by atoms with van der Waals surface area (Å²) in [5, 5.41) is 5.97. The molecule has 1 aliphatic rings. The Morgan fingerprint density at radius 3 is 2.94 bits per heavy atom. The standard InChI is InChI=1S/C12H16N2OS/c15-12(10-5-2-1-3-6-10)14-13-9-11-7-4-8-16-11/h4,7-10H,1-3,5-6H2,(H,14,15). The molecule has 1 amide bonds. The van der Waals surface area contributed by atoms with E-state index in [1.807, 2.05) is 17.5 Å². The van der Waals surface area contributed by atoms with E-state index in [0.717, 1.165) is 17.7 Å². The van der Waals surface area contributed by atoms with E-state index in [-0.39, 0.29) is 11.8 Å². The Hall–Kier alpha value is -1.16. The summed E-state index contributed by atoms with van der Waals surface area (Å²) >= 11 is 1.61. The molecule has 0 atom stereocenters. The Morgan fingerprint density at radius 1 is 1.44 bits per heavy atom. The number of nitrogens with one attached hydrogen (secondary N) is 1. The Bertz CT molecular complexity index is 353. The highest BCUT2D eigenvalue weighted by atomic mass is 32.1. The van der Waals surface area contributed by atoms with Crippen molar-refractivity contribution < 1.29 is 4.79 Å². The first kappa shape index (κ1) is 11.3. The monoisotopic (exact) mass is 236 g/mol. The molecule has 1 fully saturated rings. The molecule has 0 saturated heterocycles. The van der Waals surface area contributed by atoms with E-state index in [0.29, 0.717) is 0 Å². The van der Waals surface area contributed by atoms with Crippen molar-refractivity contribution in [2.45, 2.75) is 32.1 Å². The molecule has 1 aromatic heterocycles. The van der Waals surface area contributed by atoms with Gasteiger partial charge in [-0.1, -0.05) is 25.3 Å². The molecule has 3 nitrogen and oxygen atoms in total. The number of amides is 1. The van der Waals surface area contributed by atoms with Crippen molar-refractivity contribution in [2.75, 3.05) is 0 Å². The maximum Gasteiger partial charge on any atom is 0.243 e. The minimum atomic E-state index is 0.0764. The van der Waals surface area contributed by atoms with Crippen LogP contribution in [0.4, 0.5) is 0 Å². The highest BCUT2D eigenvalue weighted by Gasteiger charge is 2.20. The van der Waals surface area contributed by atoms with Gasteiger partial charge in [0, 0.05) is 10.8 Å². The molecule has 86 valence electrons. The number of thiophene rings is 1. The fraction of sp³-hybridized carbons (Fsp3) is 0.500. The predicted octanol–water partition coefficient (Wildman–Crippen LogP) is 2.78. The van der Waals surface area contributed by atoms with Crippen molar-refractivity contribution in [2.24, 2.45) is 11.0 Å². The first-order valence-electron chi connectivity index (χ1n) is 5.72. The van der Waals surface area contributed by atoms with Crippen molar-refractivity contribution in [3.05, 3.63) is 22.4 Å². The summed E-state index contributed by atoms with van der Waals surface area (Å²) in [7, 11) is 0. The van der Waals surface area contributed by atoms with Crippen molar-refractivity contribution in [1.29, 1.82) is 0 Å². The highest BCUT2D eigenvalue weighted by molar-refractivity contribution is 7.11. The van der Waals surface area contributed by atoms with Crippen LogP contribution in [0.15, 0.2) is 22.6 Å².